The number of rotatable bonds is 43. The summed E-state index contributed by atoms with van der Waals surface area (Å²) in [5.74, 6) is -0.874. The highest BCUT2D eigenvalue weighted by atomic mass is 16.7. The largest absolute Gasteiger partial charge is 0.462 e. The predicted octanol–water partition coefficient (Wildman–Crippen LogP) is 11.7. The molecular formula is C51H94O10. The van der Waals surface area contributed by atoms with E-state index in [1.54, 1.807) is 0 Å². The van der Waals surface area contributed by atoms with Gasteiger partial charge in [-0.1, -0.05) is 212 Å². The van der Waals surface area contributed by atoms with Crippen molar-refractivity contribution >= 4 is 11.9 Å². The van der Waals surface area contributed by atoms with Gasteiger partial charge in [-0.25, -0.2) is 0 Å². The van der Waals surface area contributed by atoms with Crippen molar-refractivity contribution in [3.63, 3.8) is 0 Å². The highest BCUT2D eigenvalue weighted by molar-refractivity contribution is 5.70. The van der Waals surface area contributed by atoms with Gasteiger partial charge in [0.1, 0.15) is 31.0 Å². The van der Waals surface area contributed by atoms with Crippen LogP contribution in [0, 0.1) is 0 Å². The molecule has 1 fully saturated rings. The van der Waals surface area contributed by atoms with Gasteiger partial charge in [0.15, 0.2) is 12.4 Å². The topological polar surface area (TPSA) is 152 Å². The number of esters is 2. The third-order valence-corrected chi connectivity index (χ3v) is 11.9. The summed E-state index contributed by atoms with van der Waals surface area (Å²) in [5.41, 5.74) is 0. The molecule has 1 aliphatic rings. The van der Waals surface area contributed by atoms with E-state index in [1.807, 2.05) is 12.2 Å². The van der Waals surface area contributed by atoms with E-state index < -0.39 is 49.4 Å². The lowest BCUT2D eigenvalue weighted by molar-refractivity contribution is -0.305. The second-order valence-corrected chi connectivity index (χ2v) is 17.6. The van der Waals surface area contributed by atoms with Gasteiger partial charge in [-0.3, -0.25) is 9.59 Å². The number of carbonyl (C=O) groups is 2. The second-order valence-electron chi connectivity index (χ2n) is 17.6. The number of allylic oxidation sites excluding steroid dienone is 4. The first-order valence-corrected chi connectivity index (χ1v) is 25.4. The van der Waals surface area contributed by atoms with Gasteiger partial charge < -0.3 is 39.4 Å². The fraction of sp³-hybridized carbons (Fsp3) is 0.882. The number of carbonyl (C=O) groups excluding carboxylic acids is 2. The molecule has 0 aromatic heterocycles. The lowest BCUT2D eigenvalue weighted by atomic mass is 9.99. The van der Waals surface area contributed by atoms with Gasteiger partial charge in [-0.05, 0) is 32.1 Å². The van der Waals surface area contributed by atoms with E-state index in [0.29, 0.717) is 6.42 Å². The molecule has 0 radical (unpaired) electrons. The first-order valence-electron chi connectivity index (χ1n) is 25.4. The number of hydrogen-bond acceptors (Lipinski definition) is 10. The van der Waals surface area contributed by atoms with Crippen LogP contribution < -0.4 is 0 Å². The van der Waals surface area contributed by atoms with Gasteiger partial charge in [-0.2, -0.15) is 0 Å². The molecule has 0 aliphatic carbocycles. The van der Waals surface area contributed by atoms with Crippen LogP contribution in [0.3, 0.4) is 0 Å². The number of unbranched alkanes of at least 4 members (excludes halogenated alkanes) is 28. The van der Waals surface area contributed by atoms with E-state index in [2.05, 4.69) is 26.0 Å². The Morgan fingerprint density at radius 3 is 1.43 bits per heavy atom. The van der Waals surface area contributed by atoms with Crippen LogP contribution >= 0.6 is 0 Å². The molecule has 10 heteroatoms. The monoisotopic (exact) mass is 867 g/mol. The van der Waals surface area contributed by atoms with Crippen molar-refractivity contribution in [2.24, 2.45) is 0 Å². The van der Waals surface area contributed by atoms with Crippen molar-refractivity contribution in [1.29, 1.82) is 0 Å². The summed E-state index contributed by atoms with van der Waals surface area (Å²) >= 11 is 0. The summed E-state index contributed by atoms with van der Waals surface area (Å²) in [6.45, 7) is 3.39. The van der Waals surface area contributed by atoms with Gasteiger partial charge in [-0.15, -0.1) is 0 Å². The van der Waals surface area contributed by atoms with Crippen molar-refractivity contribution in [3.8, 4) is 0 Å². The molecule has 0 spiro atoms. The molecule has 0 aromatic rings. The van der Waals surface area contributed by atoms with E-state index in [9.17, 15) is 30.0 Å². The third kappa shape index (κ3) is 33.4. The zero-order valence-electron chi connectivity index (χ0n) is 39.2. The molecule has 0 saturated carbocycles. The molecule has 4 N–H and O–H groups in total. The van der Waals surface area contributed by atoms with Crippen molar-refractivity contribution in [3.05, 3.63) is 24.3 Å². The fourth-order valence-electron chi connectivity index (χ4n) is 7.83. The summed E-state index contributed by atoms with van der Waals surface area (Å²) in [6.07, 6.45) is 40.7. The van der Waals surface area contributed by atoms with Crippen LogP contribution in [0.5, 0.6) is 0 Å². The third-order valence-electron chi connectivity index (χ3n) is 11.9. The maximum absolute atomic E-state index is 12.7. The Kier molecular flexibility index (Phi) is 39.5. The van der Waals surface area contributed by atoms with E-state index in [4.69, 9.17) is 18.9 Å². The predicted molar refractivity (Wildman–Crippen MR) is 247 cm³/mol. The smallest absolute Gasteiger partial charge is 0.306 e. The van der Waals surface area contributed by atoms with Gasteiger partial charge in [0.2, 0.25) is 0 Å². The first-order chi connectivity index (χ1) is 29.8. The fourth-order valence-corrected chi connectivity index (χ4v) is 7.83. The molecule has 0 aromatic carbocycles. The highest BCUT2D eigenvalue weighted by Crippen LogP contribution is 2.23. The lowest BCUT2D eigenvalue weighted by Gasteiger charge is -2.39. The molecule has 0 amide bonds. The number of hydrogen-bond donors (Lipinski definition) is 4. The maximum Gasteiger partial charge on any atom is 0.306 e. The number of aliphatic hydroxyl groups excluding tert-OH is 4. The maximum atomic E-state index is 12.7. The summed E-state index contributed by atoms with van der Waals surface area (Å²) in [6, 6.07) is 0. The van der Waals surface area contributed by atoms with Crippen molar-refractivity contribution < 1.29 is 49.0 Å². The Morgan fingerprint density at radius 1 is 0.508 bits per heavy atom. The van der Waals surface area contributed by atoms with Crippen LogP contribution in [-0.2, 0) is 28.5 Å². The molecule has 0 bridgehead atoms. The zero-order valence-corrected chi connectivity index (χ0v) is 39.2. The normalized spacial score (nSPS) is 19.9. The molecule has 1 aliphatic heterocycles. The number of ether oxygens (including phenoxy) is 4. The van der Waals surface area contributed by atoms with Gasteiger partial charge >= 0.3 is 11.9 Å². The Bertz CT molecular complexity index is 1050. The van der Waals surface area contributed by atoms with Crippen molar-refractivity contribution in [2.45, 2.75) is 269 Å². The number of aliphatic hydroxyl groups is 4. The van der Waals surface area contributed by atoms with Crippen LogP contribution in [0.4, 0.5) is 0 Å². The minimum atomic E-state index is -1.60. The molecule has 10 nitrogen and oxygen atoms in total. The molecule has 3 unspecified atom stereocenters. The van der Waals surface area contributed by atoms with E-state index in [-0.39, 0.29) is 32.0 Å². The SMILES string of the molecule is CCCCCCCC/C=C/C/C=C/CCC(=O)OC(COC(=O)CCCCCCCCCCCCCCCCCCCCCCCCC)CO[C@H]1O[C@@H](CO)[C@@H](O)C(O)C1O. The Hall–Kier alpha value is -1.82. The Morgan fingerprint density at radius 2 is 0.951 bits per heavy atom. The van der Waals surface area contributed by atoms with E-state index in [0.717, 1.165) is 32.1 Å². The van der Waals surface area contributed by atoms with E-state index >= 15 is 0 Å². The quantitative estimate of drug-likeness (QED) is 0.0265. The Labute approximate surface area is 373 Å². The van der Waals surface area contributed by atoms with Gasteiger partial charge in [0, 0.05) is 12.8 Å². The summed E-state index contributed by atoms with van der Waals surface area (Å²) < 4.78 is 22.1. The average Bonchev–Trinajstić information content (AvgIpc) is 3.26. The molecule has 61 heavy (non-hydrogen) atoms. The second kappa shape index (κ2) is 42.1. The van der Waals surface area contributed by atoms with Crippen LogP contribution in [-0.4, -0.2) is 89.0 Å². The molecule has 6 atom stereocenters. The van der Waals surface area contributed by atoms with Crippen molar-refractivity contribution in [1.82, 2.24) is 0 Å². The van der Waals surface area contributed by atoms with Crippen LogP contribution in [0.25, 0.3) is 0 Å². The zero-order chi connectivity index (χ0) is 44.4. The minimum absolute atomic E-state index is 0.127. The Balaban J connectivity index is 2.23. The summed E-state index contributed by atoms with van der Waals surface area (Å²) in [4.78, 5) is 25.3. The van der Waals surface area contributed by atoms with Crippen LogP contribution in [0.15, 0.2) is 24.3 Å². The van der Waals surface area contributed by atoms with Crippen molar-refractivity contribution in [2.75, 3.05) is 19.8 Å². The van der Waals surface area contributed by atoms with Gasteiger partial charge in [0.05, 0.1) is 13.2 Å². The molecule has 1 heterocycles. The van der Waals surface area contributed by atoms with Crippen LogP contribution in [0.2, 0.25) is 0 Å². The minimum Gasteiger partial charge on any atom is -0.462 e. The summed E-state index contributed by atoms with van der Waals surface area (Å²) in [7, 11) is 0. The molecule has 1 saturated heterocycles. The summed E-state index contributed by atoms with van der Waals surface area (Å²) in [5, 5.41) is 40.1. The molecule has 358 valence electrons. The standard InChI is InChI=1S/C51H94O10/c1-3-5-7-9-11-13-15-17-18-19-20-21-22-23-24-25-26-28-29-31-33-35-37-39-46(53)58-42-44(43-59-51-50(57)49(56)48(55)45(41-52)61-51)60-47(54)40-38-36-34-32-30-27-16-14-12-10-8-6-4-2/h27,30,34,36,44-45,48-52,55-57H,3-26,28-29,31-33,35,37-43H2,1-2H3/b30-27+,36-34+/t44?,45-,48+,49?,50?,51-/m0/s1. The molecular weight excluding hydrogens is 773 g/mol. The molecule has 1 rings (SSSR count). The van der Waals surface area contributed by atoms with Gasteiger partial charge in [0.25, 0.3) is 0 Å². The first kappa shape index (κ1) is 57.2. The lowest BCUT2D eigenvalue weighted by Crippen LogP contribution is -2.59. The highest BCUT2D eigenvalue weighted by Gasteiger charge is 2.44. The average molecular weight is 867 g/mol. The van der Waals surface area contributed by atoms with Crippen LogP contribution in [0.1, 0.15) is 232 Å². The van der Waals surface area contributed by atoms with E-state index in [1.165, 1.54) is 167 Å².